The number of anilines is 1. The summed E-state index contributed by atoms with van der Waals surface area (Å²) in [5.74, 6) is 0. The van der Waals surface area contributed by atoms with Crippen molar-refractivity contribution in [1.82, 2.24) is 20.2 Å². The van der Waals surface area contributed by atoms with Crippen LogP contribution in [0, 0.1) is 0 Å². The van der Waals surface area contributed by atoms with Gasteiger partial charge in [-0.2, -0.15) is 0 Å². The first-order chi connectivity index (χ1) is 7.79. The highest BCUT2D eigenvalue weighted by Crippen LogP contribution is 2.20. The van der Waals surface area contributed by atoms with Gasteiger partial charge in [-0.3, -0.25) is 9.97 Å². The van der Waals surface area contributed by atoms with Gasteiger partial charge in [0.05, 0.1) is 17.9 Å². The summed E-state index contributed by atoms with van der Waals surface area (Å²) in [4.78, 5) is 8.27. The number of nitrogens with zero attached hydrogens (tertiary/aromatic N) is 4. The lowest BCUT2D eigenvalue weighted by Gasteiger charge is -2.10. The molecule has 0 radical (unpaired) electrons. The maximum absolute atomic E-state index is 4.23. The van der Waals surface area contributed by atoms with Gasteiger partial charge in [-0.05, 0) is 13.3 Å². The highest BCUT2D eigenvalue weighted by molar-refractivity contribution is 7.15. The summed E-state index contributed by atoms with van der Waals surface area (Å²) in [7, 11) is 0. The van der Waals surface area contributed by atoms with Crippen molar-refractivity contribution in [2.45, 2.75) is 26.3 Å². The maximum Gasteiger partial charge on any atom is 0.206 e. The van der Waals surface area contributed by atoms with Crippen molar-refractivity contribution in [3.8, 4) is 0 Å². The molecule has 0 amide bonds. The Morgan fingerprint density at radius 3 is 2.88 bits per heavy atom. The molecule has 1 N–H and O–H groups in total. The SMILES string of the molecule is CCc1nnc(NC(C)c2cnccn2)s1. The van der Waals surface area contributed by atoms with E-state index < -0.39 is 0 Å². The van der Waals surface area contributed by atoms with E-state index in [1.165, 1.54) is 0 Å². The lowest BCUT2D eigenvalue weighted by atomic mass is 10.2. The number of aryl methyl sites for hydroxylation is 1. The van der Waals surface area contributed by atoms with Crippen LogP contribution in [0.4, 0.5) is 5.13 Å². The molecule has 16 heavy (non-hydrogen) atoms. The van der Waals surface area contributed by atoms with Gasteiger partial charge in [0.2, 0.25) is 5.13 Å². The Kier molecular flexibility index (Phi) is 3.40. The zero-order valence-corrected chi connectivity index (χ0v) is 10.0. The fraction of sp³-hybridized carbons (Fsp3) is 0.400. The lowest BCUT2D eigenvalue weighted by Crippen LogP contribution is -2.08. The molecular formula is C10H13N5S. The topological polar surface area (TPSA) is 63.6 Å². The van der Waals surface area contributed by atoms with Crippen LogP contribution in [0.25, 0.3) is 0 Å². The molecule has 84 valence electrons. The van der Waals surface area contributed by atoms with Gasteiger partial charge in [0.1, 0.15) is 5.01 Å². The third-order valence-corrected chi connectivity index (χ3v) is 3.13. The van der Waals surface area contributed by atoms with E-state index >= 15 is 0 Å². The van der Waals surface area contributed by atoms with Crippen LogP contribution in [-0.2, 0) is 6.42 Å². The predicted molar refractivity (Wildman–Crippen MR) is 63.4 cm³/mol. The molecule has 0 aliphatic carbocycles. The molecule has 2 rings (SSSR count). The Morgan fingerprint density at radius 1 is 1.38 bits per heavy atom. The quantitative estimate of drug-likeness (QED) is 0.878. The number of hydrogen-bond acceptors (Lipinski definition) is 6. The van der Waals surface area contributed by atoms with Crippen LogP contribution in [0.5, 0.6) is 0 Å². The first kappa shape index (κ1) is 10.9. The molecule has 2 aromatic heterocycles. The van der Waals surface area contributed by atoms with Crippen LogP contribution in [0.15, 0.2) is 18.6 Å². The number of rotatable bonds is 4. The van der Waals surface area contributed by atoms with Crippen LogP contribution in [-0.4, -0.2) is 20.2 Å². The molecule has 0 saturated heterocycles. The summed E-state index contributed by atoms with van der Waals surface area (Å²) in [6.45, 7) is 4.09. The van der Waals surface area contributed by atoms with Crippen molar-refractivity contribution in [2.75, 3.05) is 5.32 Å². The Balaban J connectivity index is 2.05. The Labute approximate surface area is 98.0 Å². The maximum atomic E-state index is 4.23. The van der Waals surface area contributed by atoms with Gasteiger partial charge >= 0.3 is 0 Å². The second-order valence-corrected chi connectivity index (χ2v) is 4.41. The summed E-state index contributed by atoms with van der Waals surface area (Å²) in [5, 5.41) is 13.2. The Bertz CT molecular complexity index is 441. The normalized spacial score (nSPS) is 12.4. The first-order valence-corrected chi connectivity index (χ1v) is 5.96. The van der Waals surface area contributed by atoms with Crippen molar-refractivity contribution in [1.29, 1.82) is 0 Å². The van der Waals surface area contributed by atoms with Crippen molar-refractivity contribution in [2.24, 2.45) is 0 Å². The highest BCUT2D eigenvalue weighted by Gasteiger charge is 2.09. The molecule has 0 fully saturated rings. The summed E-state index contributed by atoms with van der Waals surface area (Å²) in [5.41, 5.74) is 0.899. The number of hydrogen-bond donors (Lipinski definition) is 1. The van der Waals surface area contributed by atoms with E-state index in [4.69, 9.17) is 0 Å². The monoisotopic (exact) mass is 235 g/mol. The zero-order chi connectivity index (χ0) is 11.4. The van der Waals surface area contributed by atoms with Crippen LogP contribution in [0.3, 0.4) is 0 Å². The van der Waals surface area contributed by atoms with Crippen LogP contribution in [0.2, 0.25) is 0 Å². The minimum atomic E-state index is 0.0892. The van der Waals surface area contributed by atoms with Crippen molar-refractivity contribution in [3.05, 3.63) is 29.3 Å². The van der Waals surface area contributed by atoms with Gasteiger partial charge in [-0.1, -0.05) is 18.3 Å². The van der Waals surface area contributed by atoms with E-state index in [0.717, 1.165) is 22.3 Å². The number of nitrogens with one attached hydrogen (secondary N) is 1. The van der Waals surface area contributed by atoms with Crippen LogP contribution >= 0.6 is 11.3 Å². The first-order valence-electron chi connectivity index (χ1n) is 5.14. The fourth-order valence-electron chi connectivity index (χ4n) is 1.25. The van der Waals surface area contributed by atoms with E-state index in [2.05, 4.69) is 32.4 Å². The largest absolute Gasteiger partial charge is 0.352 e. The standard InChI is InChI=1S/C10H13N5S/c1-3-9-14-15-10(16-9)13-7(2)8-6-11-4-5-12-8/h4-7H,3H2,1-2H3,(H,13,15). The van der Waals surface area contributed by atoms with E-state index in [0.29, 0.717) is 0 Å². The minimum Gasteiger partial charge on any atom is -0.352 e. The van der Waals surface area contributed by atoms with Gasteiger partial charge in [-0.25, -0.2) is 0 Å². The zero-order valence-electron chi connectivity index (χ0n) is 9.21. The summed E-state index contributed by atoms with van der Waals surface area (Å²) >= 11 is 1.57. The Hall–Kier alpha value is -1.56. The van der Waals surface area contributed by atoms with Gasteiger partial charge in [0.15, 0.2) is 0 Å². The molecule has 6 heteroatoms. The highest BCUT2D eigenvalue weighted by atomic mass is 32.1. The molecule has 0 aromatic carbocycles. The average Bonchev–Trinajstić information content (AvgIpc) is 2.78. The van der Waals surface area contributed by atoms with Gasteiger partial charge < -0.3 is 5.32 Å². The van der Waals surface area contributed by atoms with Crippen LogP contribution < -0.4 is 5.32 Å². The molecule has 0 saturated carbocycles. The lowest BCUT2D eigenvalue weighted by molar-refractivity contribution is 0.820. The Morgan fingerprint density at radius 2 is 2.25 bits per heavy atom. The smallest absolute Gasteiger partial charge is 0.206 e. The van der Waals surface area contributed by atoms with E-state index in [9.17, 15) is 0 Å². The van der Waals surface area contributed by atoms with E-state index in [-0.39, 0.29) is 6.04 Å². The van der Waals surface area contributed by atoms with E-state index in [1.54, 1.807) is 29.9 Å². The number of aromatic nitrogens is 4. The third-order valence-electron chi connectivity index (χ3n) is 2.14. The molecule has 0 bridgehead atoms. The molecule has 2 heterocycles. The summed E-state index contributed by atoms with van der Waals surface area (Å²) < 4.78 is 0. The second-order valence-electron chi connectivity index (χ2n) is 3.35. The predicted octanol–water partition coefficient (Wildman–Crippen LogP) is 2.06. The second kappa shape index (κ2) is 4.98. The average molecular weight is 235 g/mol. The fourth-order valence-corrected chi connectivity index (χ4v) is 2.01. The van der Waals surface area contributed by atoms with Crippen molar-refractivity contribution >= 4 is 16.5 Å². The molecule has 5 nitrogen and oxygen atoms in total. The van der Waals surface area contributed by atoms with Crippen LogP contribution in [0.1, 0.15) is 30.6 Å². The molecule has 0 aliphatic rings. The molecule has 0 aliphatic heterocycles. The minimum absolute atomic E-state index is 0.0892. The molecular weight excluding hydrogens is 222 g/mol. The summed E-state index contributed by atoms with van der Waals surface area (Å²) in [6.07, 6.45) is 6.01. The molecule has 0 spiro atoms. The van der Waals surface area contributed by atoms with Crippen molar-refractivity contribution in [3.63, 3.8) is 0 Å². The molecule has 1 atom stereocenters. The summed E-state index contributed by atoms with van der Waals surface area (Å²) in [6, 6.07) is 0.0892. The molecule has 2 aromatic rings. The van der Waals surface area contributed by atoms with Crippen molar-refractivity contribution < 1.29 is 0 Å². The van der Waals surface area contributed by atoms with E-state index in [1.807, 2.05) is 6.92 Å². The van der Waals surface area contributed by atoms with Gasteiger partial charge in [0, 0.05) is 12.4 Å². The molecule has 1 unspecified atom stereocenters. The third kappa shape index (κ3) is 2.52. The van der Waals surface area contributed by atoms with Gasteiger partial charge in [0.25, 0.3) is 0 Å². The van der Waals surface area contributed by atoms with Gasteiger partial charge in [-0.15, -0.1) is 10.2 Å².